The summed E-state index contributed by atoms with van der Waals surface area (Å²) >= 11 is 0. The Morgan fingerprint density at radius 1 is 1.35 bits per heavy atom. The summed E-state index contributed by atoms with van der Waals surface area (Å²) in [6, 6.07) is 7.09. The predicted molar refractivity (Wildman–Crippen MR) is 66.2 cm³/mol. The average molecular weight is 237 g/mol. The van der Waals surface area contributed by atoms with Crippen LogP contribution in [0.25, 0.3) is 0 Å². The number of likely N-dealkylation sites (tertiary alicyclic amines) is 1. The second kappa shape index (κ2) is 5.61. The van der Waals surface area contributed by atoms with Gasteiger partial charge < -0.3 is 5.11 Å². The zero-order valence-corrected chi connectivity index (χ0v) is 10.3. The second-order valence-corrected chi connectivity index (χ2v) is 4.77. The standard InChI is InChI=1S/C14H20FNO/c1-2-16-8-7-11(10-17)9-14(16)12-3-5-13(15)6-4-12/h3-6,11,14,17H,2,7-10H2,1H3. The topological polar surface area (TPSA) is 23.5 Å². The van der Waals surface area contributed by atoms with Crippen LogP contribution in [0.4, 0.5) is 4.39 Å². The molecular weight excluding hydrogens is 217 g/mol. The van der Waals surface area contributed by atoms with Crippen molar-refractivity contribution in [2.24, 2.45) is 5.92 Å². The molecule has 17 heavy (non-hydrogen) atoms. The molecule has 2 unspecified atom stereocenters. The SMILES string of the molecule is CCN1CCC(CO)CC1c1ccc(F)cc1. The number of hydrogen-bond acceptors (Lipinski definition) is 2. The Morgan fingerprint density at radius 3 is 2.65 bits per heavy atom. The summed E-state index contributed by atoms with van der Waals surface area (Å²) in [4.78, 5) is 2.40. The van der Waals surface area contributed by atoms with Gasteiger partial charge >= 0.3 is 0 Å². The summed E-state index contributed by atoms with van der Waals surface area (Å²) < 4.78 is 12.9. The number of nitrogens with zero attached hydrogens (tertiary/aromatic N) is 1. The van der Waals surface area contributed by atoms with Crippen LogP contribution in [0.2, 0.25) is 0 Å². The van der Waals surface area contributed by atoms with E-state index in [1.165, 1.54) is 12.1 Å². The number of aliphatic hydroxyl groups is 1. The second-order valence-electron chi connectivity index (χ2n) is 4.77. The maximum absolute atomic E-state index is 12.9. The minimum absolute atomic E-state index is 0.189. The smallest absolute Gasteiger partial charge is 0.123 e. The molecule has 2 rings (SSSR count). The van der Waals surface area contributed by atoms with Crippen LogP contribution in [0.1, 0.15) is 31.4 Å². The van der Waals surface area contributed by atoms with Gasteiger partial charge in [-0.2, -0.15) is 0 Å². The molecule has 1 aliphatic rings. The Hall–Kier alpha value is -0.930. The summed E-state index contributed by atoms with van der Waals surface area (Å²) in [7, 11) is 0. The Kier molecular flexibility index (Phi) is 4.13. The number of rotatable bonds is 3. The lowest BCUT2D eigenvalue weighted by molar-refractivity contribution is 0.0847. The van der Waals surface area contributed by atoms with Gasteiger partial charge in [-0.05, 0) is 49.5 Å². The van der Waals surface area contributed by atoms with Gasteiger partial charge in [0.15, 0.2) is 0 Å². The molecule has 1 fully saturated rings. The van der Waals surface area contributed by atoms with Crippen molar-refractivity contribution in [2.75, 3.05) is 19.7 Å². The molecule has 0 spiro atoms. The molecule has 0 aliphatic carbocycles. The molecule has 0 bridgehead atoms. The molecule has 1 aromatic rings. The van der Waals surface area contributed by atoms with Gasteiger partial charge in [0, 0.05) is 12.6 Å². The average Bonchev–Trinajstić information content (AvgIpc) is 2.39. The van der Waals surface area contributed by atoms with Crippen molar-refractivity contribution in [1.82, 2.24) is 4.90 Å². The fourth-order valence-electron chi connectivity index (χ4n) is 2.66. The van der Waals surface area contributed by atoms with Crippen LogP contribution < -0.4 is 0 Å². The van der Waals surface area contributed by atoms with E-state index < -0.39 is 0 Å². The van der Waals surface area contributed by atoms with Crippen molar-refractivity contribution in [3.8, 4) is 0 Å². The molecule has 1 saturated heterocycles. The van der Waals surface area contributed by atoms with Gasteiger partial charge in [0.05, 0.1) is 0 Å². The first-order valence-corrected chi connectivity index (χ1v) is 6.35. The first-order chi connectivity index (χ1) is 8.24. The molecule has 0 radical (unpaired) electrons. The third kappa shape index (κ3) is 2.85. The first-order valence-electron chi connectivity index (χ1n) is 6.35. The van der Waals surface area contributed by atoms with Crippen molar-refractivity contribution in [1.29, 1.82) is 0 Å². The van der Waals surface area contributed by atoms with Gasteiger partial charge in [-0.3, -0.25) is 4.90 Å². The molecule has 1 N–H and O–H groups in total. The number of piperidine rings is 1. The third-order valence-electron chi connectivity index (χ3n) is 3.74. The van der Waals surface area contributed by atoms with Gasteiger partial charge in [0.2, 0.25) is 0 Å². The first kappa shape index (κ1) is 12.5. The van der Waals surface area contributed by atoms with Crippen LogP contribution in [0.5, 0.6) is 0 Å². The number of benzene rings is 1. The molecule has 1 heterocycles. The lowest BCUT2D eigenvalue weighted by Gasteiger charge is -2.38. The summed E-state index contributed by atoms with van der Waals surface area (Å²) in [5, 5.41) is 9.28. The van der Waals surface area contributed by atoms with Crippen molar-refractivity contribution >= 4 is 0 Å². The van der Waals surface area contributed by atoms with E-state index in [1.54, 1.807) is 0 Å². The van der Waals surface area contributed by atoms with Crippen LogP contribution in [0.15, 0.2) is 24.3 Å². The highest BCUT2D eigenvalue weighted by Gasteiger charge is 2.28. The predicted octanol–water partition coefficient (Wildman–Crippen LogP) is 2.59. The van der Waals surface area contributed by atoms with Gasteiger partial charge in [-0.1, -0.05) is 19.1 Å². The highest BCUT2D eigenvalue weighted by molar-refractivity contribution is 5.20. The van der Waals surface area contributed by atoms with Crippen LogP contribution in [-0.4, -0.2) is 29.7 Å². The Bertz CT molecular complexity index is 352. The summed E-state index contributed by atoms with van der Waals surface area (Å²) in [5.41, 5.74) is 1.16. The van der Waals surface area contributed by atoms with Crippen molar-refractivity contribution < 1.29 is 9.50 Å². The molecule has 1 aliphatic heterocycles. The summed E-state index contributed by atoms with van der Waals surface area (Å²) in [6.45, 7) is 4.43. The van der Waals surface area contributed by atoms with E-state index in [4.69, 9.17) is 0 Å². The van der Waals surface area contributed by atoms with E-state index in [1.807, 2.05) is 12.1 Å². The summed E-state index contributed by atoms with van der Waals surface area (Å²) in [6.07, 6.45) is 2.03. The molecule has 3 heteroatoms. The minimum atomic E-state index is -0.189. The zero-order valence-electron chi connectivity index (χ0n) is 10.3. The van der Waals surface area contributed by atoms with E-state index in [0.29, 0.717) is 12.0 Å². The quantitative estimate of drug-likeness (QED) is 0.873. The zero-order chi connectivity index (χ0) is 12.3. The molecule has 0 amide bonds. The highest BCUT2D eigenvalue weighted by atomic mass is 19.1. The molecule has 1 aromatic carbocycles. The normalized spacial score (nSPS) is 26.1. The third-order valence-corrected chi connectivity index (χ3v) is 3.74. The molecule has 0 aromatic heterocycles. The van der Waals surface area contributed by atoms with Crippen LogP contribution >= 0.6 is 0 Å². The van der Waals surface area contributed by atoms with E-state index in [0.717, 1.165) is 31.5 Å². The molecular formula is C14H20FNO. The van der Waals surface area contributed by atoms with E-state index in [2.05, 4.69) is 11.8 Å². The summed E-state index contributed by atoms with van der Waals surface area (Å²) in [5.74, 6) is 0.194. The Labute approximate surface area is 102 Å². The van der Waals surface area contributed by atoms with Crippen LogP contribution in [0, 0.1) is 11.7 Å². The highest BCUT2D eigenvalue weighted by Crippen LogP contribution is 2.33. The Balaban J connectivity index is 2.17. The lowest BCUT2D eigenvalue weighted by atomic mass is 9.87. The molecule has 2 nitrogen and oxygen atoms in total. The van der Waals surface area contributed by atoms with Crippen molar-refractivity contribution in [3.05, 3.63) is 35.6 Å². The van der Waals surface area contributed by atoms with Gasteiger partial charge in [0.25, 0.3) is 0 Å². The number of hydrogen-bond donors (Lipinski definition) is 1. The van der Waals surface area contributed by atoms with Gasteiger partial charge in [-0.25, -0.2) is 4.39 Å². The monoisotopic (exact) mass is 237 g/mol. The fourth-order valence-corrected chi connectivity index (χ4v) is 2.66. The minimum Gasteiger partial charge on any atom is -0.396 e. The van der Waals surface area contributed by atoms with Crippen molar-refractivity contribution in [3.63, 3.8) is 0 Å². The Morgan fingerprint density at radius 2 is 2.06 bits per heavy atom. The number of halogens is 1. The van der Waals surface area contributed by atoms with Crippen LogP contribution in [0.3, 0.4) is 0 Å². The maximum atomic E-state index is 12.9. The molecule has 0 saturated carbocycles. The lowest BCUT2D eigenvalue weighted by Crippen LogP contribution is -2.37. The van der Waals surface area contributed by atoms with Crippen molar-refractivity contribution in [2.45, 2.75) is 25.8 Å². The van der Waals surface area contributed by atoms with Crippen LogP contribution in [-0.2, 0) is 0 Å². The molecule has 2 atom stereocenters. The van der Waals surface area contributed by atoms with E-state index in [9.17, 15) is 9.50 Å². The van der Waals surface area contributed by atoms with E-state index in [-0.39, 0.29) is 12.4 Å². The largest absolute Gasteiger partial charge is 0.396 e. The number of aliphatic hydroxyl groups excluding tert-OH is 1. The maximum Gasteiger partial charge on any atom is 0.123 e. The van der Waals surface area contributed by atoms with E-state index >= 15 is 0 Å². The van der Waals surface area contributed by atoms with Gasteiger partial charge in [-0.15, -0.1) is 0 Å². The van der Waals surface area contributed by atoms with Gasteiger partial charge in [0.1, 0.15) is 5.82 Å². The fraction of sp³-hybridized carbons (Fsp3) is 0.571. The molecule has 94 valence electrons.